The summed E-state index contributed by atoms with van der Waals surface area (Å²) in [5.41, 5.74) is 2.09. The standard InChI is InChI=1S/C23H18N2O3S/c24-14-17-5-1-3-7-21(17)29-22-8-4-2-6-18(22)23(26)25-15-16-9-10-19-20(13-16)28-12-11-27-19/h1-10,13H,11-12,15H2,(H,25,26). The first-order valence-corrected chi connectivity index (χ1v) is 9.99. The lowest BCUT2D eigenvalue weighted by Gasteiger charge is -2.19. The van der Waals surface area contributed by atoms with E-state index in [1.807, 2.05) is 54.6 Å². The monoisotopic (exact) mass is 402 g/mol. The molecule has 29 heavy (non-hydrogen) atoms. The Morgan fingerprint density at radius 3 is 2.52 bits per heavy atom. The van der Waals surface area contributed by atoms with Crippen LogP contribution in [0.5, 0.6) is 11.5 Å². The zero-order valence-electron chi connectivity index (χ0n) is 15.6. The maximum Gasteiger partial charge on any atom is 0.252 e. The van der Waals surface area contributed by atoms with Gasteiger partial charge in [0.1, 0.15) is 19.3 Å². The van der Waals surface area contributed by atoms with Gasteiger partial charge >= 0.3 is 0 Å². The van der Waals surface area contributed by atoms with Gasteiger partial charge in [-0.15, -0.1) is 0 Å². The van der Waals surface area contributed by atoms with E-state index in [9.17, 15) is 10.1 Å². The van der Waals surface area contributed by atoms with Gasteiger partial charge in [0, 0.05) is 16.3 Å². The van der Waals surface area contributed by atoms with Gasteiger partial charge in [0.25, 0.3) is 5.91 Å². The minimum absolute atomic E-state index is 0.169. The summed E-state index contributed by atoms with van der Waals surface area (Å²) in [5, 5.41) is 12.3. The number of fused-ring (bicyclic) bond motifs is 1. The highest BCUT2D eigenvalue weighted by atomic mass is 32.2. The minimum atomic E-state index is -0.169. The van der Waals surface area contributed by atoms with Crippen LogP contribution < -0.4 is 14.8 Å². The second kappa shape index (κ2) is 8.72. The van der Waals surface area contributed by atoms with Crippen molar-refractivity contribution in [3.63, 3.8) is 0 Å². The van der Waals surface area contributed by atoms with Crippen molar-refractivity contribution in [2.24, 2.45) is 0 Å². The van der Waals surface area contributed by atoms with Crippen LogP contribution in [0.1, 0.15) is 21.5 Å². The largest absolute Gasteiger partial charge is 0.486 e. The van der Waals surface area contributed by atoms with E-state index >= 15 is 0 Å². The molecule has 0 unspecified atom stereocenters. The number of ether oxygens (including phenoxy) is 2. The second-order valence-corrected chi connectivity index (χ2v) is 7.45. The highest BCUT2D eigenvalue weighted by molar-refractivity contribution is 7.99. The maximum atomic E-state index is 12.8. The molecular formula is C23H18N2O3S. The summed E-state index contributed by atoms with van der Waals surface area (Å²) >= 11 is 1.41. The molecule has 0 saturated heterocycles. The summed E-state index contributed by atoms with van der Waals surface area (Å²) in [7, 11) is 0. The quantitative estimate of drug-likeness (QED) is 0.684. The van der Waals surface area contributed by atoms with E-state index in [2.05, 4.69) is 11.4 Å². The van der Waals surface area contributed by atoms with Crippen LogP contribution in [0.2, 0.25) is 0 Å². The molecule has 0 saturated carbocycles. The van der Waals surface area contributed by atoms with Crippen LogP contribution in [-0.2, 0) is 6.54 Å². The van der Waals surface area contributed by atoms with Gasteiger partial charge in [-0.05, 0) is 42.0 Å². The Labute approximate surface area is 173 Å². The Kier molecular flexibility index (Phi) is 5.68. The Hall–Kier alpha value is -3.43. The fourth-order valence-electron chi connectivity index (χ4n) is 2.98. The Balaban J connectivity index is 1.49. The van der Waals surface area contributed by atoms with E-state index < -0.39 is 0 Å². The Morgan fingerprint density at radius 1 is 0.966 bits per heavy atom. The van der Waals surface area contributed by atoms with Gasteiger partial charge in [0.05, 0.1) is 11.1 Å². The average molecular weight is 402 g/mol. The Morgan fingerprint density at radius 2 is 1.69 bits per heavy atom. The van der Waals surface area contributed by atoms with Crippen molar-refractivity contribution >= 4 is 17.7 Å². The predicted molar refractivity (Wildman–Crippen MR) is 110 cm³/mol. The summed E-state index contributed by atoms with van der Waals surface area (Å²) < 4.78 is 11.1. The zero-order chi connectivity index (χ0) is 20.1. The van der Waals surface area contributed by atoms with Gasteiger partial charge in [0.2, 0.25) is 0 Å². The maximum absolute atomic E-state index is 12.8. The Bertz CT molecular complexity index is 1090. The summed E-state index contributed by atoms with van der Waals surface area (Å²) in [6, 6.07) is 22.6. The summed E-state index contributed by atoms with van der Waals surface area (Å²) in [6.45, 7) is 1.45. The molecule has 1 aliphatic heterocycles. The molecule has 1 amide bonds. The van der Waals surface area contributed by atoms with E-state index in [1.165, 1.54) is 11.8 Å². The highest BCUT2D eigenvalue weighted by Crippen LogP contribution is 2.33. The molecule has 0 radical (unpaired) electrons. The van der Waals surface area contributed by atoms with Crippen molar-refractivity contribution in [1.29, 1.82) is 5.26 Å². The lowest BCUT2D eigenvalue weighted by Crippen LogP contribution is -2.23. The van der Waals surface area contributed by atoms with Crippen molar-refractivity contribution in [1.82, 2.24) is 5.32 Å². The number of amides is 1. The molecule has 1 aliphatic rings. The van der Waals surface area contributed by atoms with Crippen LogP contribution in [0, 0.1) is 11.3 Å². The number of nitrogens with zero attached hydrogens (tertiary/aromatic N) is 1. The molecule has 0 aliphatic carbocycles. The van der Waals surface area contributed by atoms with E-state index in [4.69, 9.17) is 9.47 Å². The molecule has 0 atom stereocenters. The minimum Gasteiger partial charge on any atom is -0.486 e. The molecule has 0 fully saturated rings. The third kappa shape index (κ3) is 4.36. The van der Waals surface area contributed by atoms with Crippen molar-refractivity contribution in [2.45, 2.75) is 16.3 Å². The average Bonchev–Trinajstić information content (AvgIpc) is 2.78. The van der Waals surface area contributed by atoms with Gasteiger partial charge in [-0.3, -0.25) is 4.79 Å². The number of benzene rings is 3. The van der Waals surface area contributed by atoms with Gasteiger partial charge in [-0.25, -0.2) is 0 Å². The molecule has 3 aromatic rings. The molecule has 0 spiro atoms. The van der Waals surface area contributed by atoms with Crippen LogP contribution in [0.4, 0.5) is 0 Å². The van der Waals surface area contributed by atoms with Crippen molar-refractivity contribution < 1.29 is 14.3 Å². The lowest BCUT2D eigenvalue weighted by atomic mass is 10.1. The SMILES string of the molecule is N#Cc1ccccc1Sc1ccccc1C(=O)NCc1ccc2c(c1)OCCO2. The van der Waals surface area contributed by atoms with Crippen LogP contribution in [-0.4, -0.2) is 19.1 Å². The lowest BCUT2D eigenvalue weighted by molar-refractivity contribution is 0.0948. The number of nitrogens with one attached hydrogen (secondary N) is 1. The van der Waals surface area contributed by atoms with Crippen LogP contribution in [0.15, 0.2) is 76.5 Å². The number of nitriles is 1. The molecule has 4 rings (SSSR count). The van der Waals surface area contributed by atoms with Crippen LogP contribution in [0.25, 0.3) is 0 Å². The normalized spacial score (nSPS) is 12.1. The van der Waals surface area contributed by atoms with E-state index in [1.54, 1.807) is 12.1 Å². The first-order chi connectivity index (χ1) is 14.2. The molecule has 1 N–H and O–H groups in total. The molecule has 6 heteroatoms. The topological polar surface area (TPSA) is 71.4 Å². The van der Waals surface area contributed by atoms with Gasteiger partial charge in [-0.2, -0.15) is 5.26 Å². The van der Waals surface area contributed by atoms with E-state index in [0.717, 1.165) is 21.1 Å². The fraction of sp³-hybridized carbons (Fsp3) is 0.130. The predicted octanol–water partition coefficient (Wildman–Crippen LogP) is 4.41. The van der Waals surface area contributed by atoms with Crippen LogP contribution in [0.3, 0.4) is 0 Å². The number of carbonyl (C=O) groups excluding carboxylic acids is 1. The van der Waals surface area contributed by atoms with Crippen molar-refractivity contribution in [3.05, 3.63) is 83.4 Å². The molecule has 1 heterocycles. The molecule has 3 aromatic carbocycles. The number of carbonyl (C=O) groups is 1. The molecule has 5 nitrogen and oxygen atoms in total. The second-order valence-electron chi connectivity index (χ2n) is 6.37. The smallest absolute Gasteiger partial charge is 0.252 e. The molecular weight excluding hydrogens is 384 g/mol. The van der Waals surface area contributed by atoms with Crippen molar-refractivity contribution in [3.8, 4) is 17.6 Å². The van der Waals surface area contributed by atoms with E-state index in [0.29, 0.717) is 36.6 Å². The van der Waals surface area contributed by atoms with Gasteiger partial charge in [-0.1, -0.05) is 42.1 Å². The summed E-state index contributed by atoms with van der Waals surface area (Å²) in [5.74, 6) is 1.26. The number of rotatable bonds is 5. The summed E-state index contributed by atoms with van der Waals surface area (Å²) in [6.07, 6.45) is 0. The first kappa shape index (κ1) is 18.9. The highest BCUT2D eigenvalue weighted by Gasteiger charge is 2.15. The molecule has 144 valence electrons. The third-order valence-corrected chi connectivity index (χ3v) is 5.57. The molecule has 0 aromatic heterocycles. The van der Waals surface area contributed by atoms with Crippen LogP contribution >= 0.6 is 11.8 Å². The fourth-order valence-corrected chi connectivity index (χ4v) is 4.01. The van der Waals surface area contributed by atoms with Gasteiger partial charge in [0.15, 0.2) is 11.5 Å². The summed E-state index contributed by atoms with van der Waals surface area (Å²) in [4.78, 5) is 14.4. The molecule has 0 bridgehead atoms. The van der Waals surface area contributed by atoms with Gasteiger partial charge < -0.3 is 14.8 Å². The number of hydrogen-bond donors (Lipinski definition) is 1. The third-order valence-electron chi connectivity index (χ3n) is 4.42. The van der Waals surface area contributed by atoms with Crippen molar-refractivity contribution in [2.75, 3.05) is 13.2 Å². The zero-order valence-corrected chi connectivity index (χ0v) is 16.4. The van der Waals surface area contributed by atoms with E-state index in [-0.39, 0.29) is 5.91 Å². The number of hydrogen-bond acceptors (Lipinski definition) is 5. The first-order valence-electron chi connectivity index (χ1n) is 9.17.